The zero-order chi connectivity index (χ0) is 28.2. The molecule has 1 aliphatic carbocycles. The van der Waals surface area contributed by atoms with Crippen LogP contribution < -0.4 is 20.5 Å². The van der Waals surface area contributed by atoms with E-state index in [2.05, 4.69) is 20.1 Å². The fourth-order valence-corrected chi connectivity index (χ4v) is 5.59. The summed E-state index contributed by atoms with van der Waals surface area (Å²) < 4.78 is 74.8. The van der Waals surface area contributed by atoms with Crippen LogP contribution in [0.3, 0.4) is 0 Å². The predicted molar refractivity (Wildman–Crippen MR) is 135 cm³/mol. The molecule has 4 rings (SSSR count). The van der Waals surface area contributed by atoms with E-state index in [9.17, 15) is 22.0 Å². The minimum absolute atomic E-state index is 0.00270. The molecule has 0 saturated carbocycles. The first-order chi connectivity index (χ1) is 17.6. The van der Waals surface area contributed by atoms with Gasteiger partial charge in [0, 0.05) is 37.0 Å². The van der Waals surface area contributed by atoms with Gasteiger partial charge in [-0.2, -0.15) is 14.5 Å². The van der Waals surface area contributed by atoms with E-state index in [0.717, 1.165) is 18.1 Å². The summed E-state index contributed by atoms with van der Waals surface area (Å²) in [4.78, 5) is 18.7. The van der Waals surface area contributed by atoms with E-state index in [0.29, 0.717) is 0 Å². The quantitative estimate of drug-likeness (QED) is 0.406. The van der Waals surface area contributed by atoms with Gasteiger partial charge in [0.05, 0.1) is 35.2 Å². The normalized spacial score (nSPS) is 23.3. The van der Waals surface area contributed by atoms with Gasteiger partial charge < -0.3 is 15.8 Å². The Bertz CT molecular complexity index is 1410. The Hall–Kier alpha value is -3.04. The summed E-state index contributed by atoms with van der Waals surface area (Å²) in [6, 6.07) is 2.68. The highest BCUT2D eigenvalue weighted by Gasteiger charge is 2.54. The maximum atomic E-state index is 15.8. The van der Waals surface area contributed by atoms with Crippen molar-refractivity contribution in [2.24, 2.45) is 18.7 Å². The summed E-state index contributed by atoms with van der Waals surface area (Å²) in [5, 5.41) is 6.90. The van der Waals surface area contributed by atoms with Crippen molar-refractivity contribution in [1.82, 2.24) is 19.7 Å². The molecule has 16 heteroatoms. The van der Waals surface area contributed by atoms with E-state index in [-0.39, 0.29) is 52.5 Å². The van der Waals surface area contributed by atoms with Crippen molar-refractivity contribution in [3.8, 4) is 5.88 Å². The number of halogens is 4. The highest BCUT2D eigenvalue weighted by molar-refractivity contribution is 7.92. The maximum Gasteiger partial charge on any atom is 0.262 e. The van der Waals surface area contributed by atoms with Crippen LogP contribution in [0, 0.1) is 5.92 Å². The first-order valence-electron chi connectivity index (χ1n) is 11.5. The minimum atomic E-state index is -3.75. The molecule has 208 valence electrons. The number of nitrogens with two attached hydrogens (primary N) is 1. The molecule has 11 nitrogen and oxygen atoms in total. The average molecular weight is 578 g/mol. The molecule has 2 aliphatic rings. The fourth-order valence-electron chi connectivity index (χ4n) is 4.76. The average Bonchev–Trinajstić information content (AvgIpc) is 3.10. The van der Waals surface area contributed by atoms with Crippen LogP contribution in [0.15, 0.2) is 18.2 Å². The Morgan fingerprint density at radius 3 is 2.66 bits per heavy atom. The van der Waals surface area contributed by atoms with Crippen LogP contribution in [-0.4, -0.2) is 65.7 Å². The standard InChI is InChI=1S/C22H27ClF3N7O4S/c1-21(25,26)7-8-37-14-6-5-12-17(28-14)29-20(24)33(19(12)34)22(2)11(10-27)9-13(23)15-16(22)32(3)30-18(15)31-38(4,35)36/h5-6,9,11,20H,7-8,10,27H2,1-4H3,(H,28,29)(H,30,31)/t11?,20?,22-/m1/s1. The van der Waals surface area contributed by atoms with E-state index in [1.807, 2.05) is 0 Å². The summed E-state index contributed by atoms with van der Waals surface area (Å²) in [5.74, 6) is -4.63. The van der Waals surface area contributed by atoms with Gasteiger partial charge >= 0.3 is 0 Å². The van der Waals surface area contributed by atoms with Crippen molar-refractivity contribution in [3.63, 3.8) is 0 Å². The van der Waals surface area contributed by atoms with E-state index >= 15 is 4.39 Å². The lowest BCUT2D eigenvalue weighted by Crippen LogP contribution is -2.61. The number of carbonyl (C=O) groups excluding carboxylic acids is 1. The third kappa shape index (κ3) is 5.01. The van der Waals surface area contributed by atoms with Gasteiger partial charge in [0.2, 0.25) is 21.8 Å². The number of anilines is 2. The van der Waals surface area contributed by atoms with Crippen LogP contribution in [0.4, 0.5) is 24.8 Å². The number of nitrogens with zero attached hydrogens (tertiary/aromatic N) is 4. The number of nitrogens with one attached hydrogen (secondary N) is 2. The smallest absolute Gasteiger partial charge is 0.262 e. The van der Waals surface area contributed by atoms with Gasteiger partial charge in [-0.15, -0.1) is 0 Å². The molecule has 0 radical (unpaired) electrons. The Labute approximate surface area is 222 Å². The zero-order valence-corrected chi connectivity index (χ0v) is 22.5. The minimum Gasteiger partial charge on any atom is -0.477 e. The Kier molecular flexibility index (Phi) is 7.08. The lowest BCUT2D eigenvalue weighted by Gasteiger charge is -2.50. The van der Waals surface area contributed by atoms with Crippen LogP contribution in [0.1, 0.15) is 41.9 Å². The van der Waals surface area contributed by atoms with E-state index in [1.165, 1.54) is 29.9 Å². The van der Waals surface area contributed by atoms with Gasteiger partial charge in [-0.1, -0.05) is 17.7 Å². The van der Waals surface area contributed by atoms with E-state index < -0.39 is 46.2 Å². The molecule has 0 fully saturated rings. The number of alkyl halides is 3. The van der Waals surface area contributed by atoms with Gasteiger partial charge in [0.1, 0.15) is 5.82 Å². The number of hydrogen-bond donors (Lipinski definition) is 3. The van der Waals surface area contributed by atoms with Gasteiger partial charge in [-0.3, -0.25) is 19.1 Å². The largest absolute Gasteiger partial charge is 0.477 e. The third-order valence-electron chi connectivity index (χ3n) is 6.46. The molecule has 0 spiro atoms. The van der Waals surface area contributed by atoms with E-state index in [4.69, 9.17) is 22.1 Å². The van der Waals surface area contributed by atoms with Crippen molar-refractivity contribution in [1.29, 1.82) is 0 Å². The van der Waals surface area contributed by atoms with Crippen molar-refractivity contribution in [2.75, 3.05) is 29.4 Å². The second kappa shape index (κ2) is 9.61. The molecule has 1 aliphatic heterocycles. The molecule has 2 aromatic heterocycles. The Morgan fingerprint density at radius 1 is 1.37 bits per heavy atom. The lowest BCUT2D eigenvalue weighted by atomic mass is 9.75. The summed E-state index contributed by atoms with van der Waals surface area (Å²) in [7, 11) is -2.23. The lowest BCUT2D eigenvalue weighted by molar-refractivity contribution is -0.0157. The number of hydrogen-bond acceptors (Lipinski definition) is 8. The SMILES string of the molecule is Cn1nc(NS(C)(=O)=O)c2c1[C@](C)(N1C(=O)c3ccc(OCCC(C)(F)F)nc3NC1F)C(CN)C=C2Cl. The predicted octanol–water partition coefficient (Wildman–Crippen LogP) is 2.82. The van der Waals surface area contributed by atoms with Crippen LogP contribution in [0.25, 0.3) is 5.03 Å². The summed E-state index contributed by atoms with van der Waals surface area (Å²) >= 11 is 6.51. The summed E-state index contributed by atoms with van der Waals surface area (Å²) in [6.07, 6.45) is -0.179. The van der Waals surface area contributed by atoms with Gasteiger partial charge in [-0.25, -0.2) is 17.2 Å². The number of aromatic nitrogens is 3. The molecule has 1 amide bonds. The molecular formula is C22H27ClF3N7O4S. The first kappa shape index (κ1) is 28.0. The number of aryl methyl sites for hydroxylation is 1. The van der Waals surface area contributed by atoms with E-state index in [1.54, 1.807) is 6.92 Å². The van der Waals surface area contributed by atoms with Crippen molar-refractivity contribution < 1.29 is 31.1 Å². The molecule has 0 saturated heterocycles. The molecular weight excluding hydrogens is 551 g/mol. The molecule has 4 N–H and O–H groups in total. The number of rotatable bonds is 8. The second-order valence-corrected chi connectivity index (χ2v) is 11.6. The summed E-state index contributed by atoms with van der Waals surface area (Å²) in [5.41, 5.74) is 5.01. The van der Waals surface area contributed by atoms with Crippen LogP contribution >= 0.6 is 11.6 Å². The molecule has 0 aromatic carbocycles. The van der Waals surface area contributed by atoms with Crippen LogP contribution in [-0.2, 0) is 22.6 Å². The van der Waals surface area contributed by atoms with Gasteiger partial charge in [0.15, 0.2) is 5.82 Å². The third-order valence-corrected chi connectivity index (χ3v) is 7.34. The number of pyridine rings is 1. The fraction of sp³-hybridized carbons (Fsp3) is 0.500. The van der Waals surface area contributed by atoms with Crippen molar-refractivity contribution in [2.45, 2.75) is 38.1 Å². The van der Waals surface area contributed by atoms with Crippen molar-refractivity contribution >= 4 is 44.2 Å². The van der Waals surface area contributed by atoms with Crippen molar-refractivity contribution in [3.05, 3.63) is 35.0 Å². The van der Waals surface area contributed by atoms with Gasteiger partial charge in [0.25, 0.3) is 12.3 Å². The second-order valence-electron chi connectivity index (χ2n) is 9.44. The monoisotopic (exact) mass is 577 g/mol. The summed E-state index contributed by atoms with van der Waals surface area (Å²) in [6.45, 7) is 1.98. The first-order valence-corrected chi connectivity index (χ1v) is 13.7. The Balaban J connectivity index is 1.76. The van der Waals surface area contributed by atoms with Gasteiger partial charge in [-0.05, 0) is 19.9 Å². The number of carbonyl (C=O) groups is 1. The number of ether oxygens (including phenoxy) is 1. The highest BCUT2D eigenvalue weighted by Crippen LogP contribution is 2.50. The molecule has 38 heavy (non-hydrogen) atoms. The van der Waals surface area contributed by atoms with Crippen LogP contribution in [0.5, 0.6) is 5.88 Å². The highest BCUT2D eigenvalue weighted by atomic mass is 35.5. The topological polar surface area (TPSA) is 144 Å². The van der Waals surface area contributed by atoms with Crippen LogP contribution in [0.2, 0.25) is 0 Å². The number of amides is 1. The zero-order valence-electron chi connectivity index (χ0n) is 20.9. The molecule has 3 atom stereocenters. The molecule has 3 heterocycles. The molecule has 2 unspecified atom stereocenters. The maximum absolute atomic E-state index is 15.8. The Morgan fingerprint density at radius 2 is 2.05 bits per heavy atom. The molecule has 0 bridgehead atoms. The number of fused-ring (bicyclic) bond motifs is 2. The molecule has 2 aromatic rings. The number of sulfonamides is 1.